The maximum absolute atomic E-state index is 11.5. The summed E-state index contributed by atoms with van der Waals surface area (Å²) in [6, 6.07) is 30.0. The number of benzene rings is 3. The lowest BCUT2D eigenvalue weighted by atomic mass is 9.98. The third kappa shape index (κ3) is 7.50. The number of aliphatic hydroxyl groups excluding tert-OH is 1. The summed E-state index contributed by atoms with van der Waals surface area (Å²) >= 11 is 0. The molecule has 0 bridgehead atoms. The fourth-order valence-electron chi connectivity index (χ4n) is 4.82. The van der Waals surface area contributed by atoms with E-state index >= 15 is 0 Å². The van der Waals surface area contributed by atoms with E-state index in [1.165, 1.54) is 0 Å². The van der Waals surface area contributed by atoms with E-state index in [0.29, 0.717) is 25.7 Å². The van der Waals surface area contributed by atoms with Crippen LogP contribution in [0.3, 0.4) is 0 Å². The molecule has 2 fully saturated rings. The first-order valence-corrected chi connectivity index (χ1v) is 13.6. The van der Waals surface area contributed by atoms with Crippen molar-refractivity contribution in [2.45, 2.75) is 76.4 Å². The Hall–Kier alpha value is -2.58. The van der Waals surface area contributed by atoms with Gasteiger partial charge in [-0.2, -0.15) is 0 Å². The summed E-state index contributed by atoms with van der Waals surface area (Å²) in [6.45, 7) is 3.49. The van der Waals surface area contributed by atoms with Gasteiger partial charge in [0.25, 0.3) is 0 Å². The molecule has 1 saturated carbocycles. The van der Waals surface area contributed by atoms with Crippen LogP contribution in [0, 0.1) is 5.92 Å². The molecule has 1 saturated heterocycles. The van der Waals surface area contributed by atoms with Gasteiger partial charge in [0.15, 0.2) is 6.29 Å². The lowest BCUT2D eigenvalue weighted by Crippen LogP contribution is -2.61. The van der Waals surface area contributed by atoms with Gasteiger partial charge in [-0.3, -0.25) is 0 Å². The van der Waals surface area contributed by atoms with E-state index in [1.807, 2.05) is 97.9 Å². The quantitative estimate of drug-likeness (QED) is 0.332. The lowest BCUT2D eigenvalue weighted by Gasteiger charge is -2.44. The predicted molar refractivity (Wildman–Crippen MR) is 144 cm³/mol. The Bertz CT molecular complexity index is 1070. The number of ether oxygens (including phenoxy) is 5. The molecule has 1 aliphatic heterocycles. The first kappa shape index (κ1) is 27.0. The summed E-state index contributed by atoms with van der Waals surface area (Å²) in [4.78, 5) is 0. The van der Waals surface area contributed by atoms with Crippen molar-refractivity contribution in [3.63, 3.8) is 0 Å². The Kier molecular flexibility index (Phi) is 9.57. The van der Waals surface area contributed by atoms with Crippen molar-refractivity contribution in [3.05, 3.63) is 108 Å². The Morgan fingerprint density at radius 3 is 1.76 bits per heavy atom. The van der Waals surface area contributed by atoms with E-state index in [9.17, 15) is 5.11 Å². The van der Waals surface area contributed by atoms with Crippen LogP contribution in [0.2, 0.25) is 0 Å². The highest BCUT2D eigenvalue weighted by molar-refractivity contribution is 5.15. The van der Waals surface area contributed by atoms with Crippen molar-refractivity contribution < 1.29 is 28.8 Å². The molecule has 6 heteroatoms. The van der Waals surface area contributed by atoms with Crippen LogP contribution < -0.4 is 0 Å². The van der Waals surface area contributed by atoms with Crippen molar-refractivity contribution in [2.75, 3.05) is 6.61 Å². The number of rotatable bonds is 13. The third-order valence-corrected chi connectivity index (χ3v) is 7.21. The summed E-state index contributed by atoms with van der Waals surface area (Å²) in [5.41, 5.74) is 3.14. The molecule has 2 aliphatic rings. The minimum absolute atomic E-state index is 0.00269. The van der Waals surface area contributed by atoms with Gasteiger partial charge in [0.05, 0.1) is 32.5 Å². The van der Waals surface area contributed by atoms with Crippen LogP contribution >= 0.6 is 0 Å². The maximum atomic E-state index is 11.5. The molecular weight excluding hydrogens is 480 g/mol. The summed E-state index contributed by atoms with van der Waals surface area (Å²) in [6.07, 6.45) is -1.25. The fourth-order valence-corrected chi connectivity index (χ4v) is 4.82. The first-order valence-electron chi connectivity index (χ1n) is 13.6. The topological polar surface area (TPSA) is 66.4 Å². The Labute approximate surface area is 225 Å². The molecule has 0 unspecified atom stereocenters. The molecule has 1 N–H and O–H groups in total. The molecule has 6 atom stereocenters. The molecule has 202 valence electrons. The number of hydrogen-bond acceptors (Lipinski definition) is 6. The molecule has 1 aliphatic carbocycles. The van der Waals surface area contributed by atoms with Gasteiger partial charge in [0.2, 0.25) is 0 Å². The molecular formula is C32H38O6. The highest BCUT2D eigenvalue weighted by atomic mass is 16.7. The summed E-state index contributed by atoms with van der Waals surface area (Å²) in [5, 5.41) is 11.5. The molecule has 38 heavy (non-hydrogen) atoms. The molecule has 0 spiro atoms. The van der Waals surface area contributed by atoms with Crippen LogP contribution in [-0.4, -0.2) is 48.5 Å². The number of hydrogen-bond donors (Lipinski definition) is 1. The monoisotopic (exact) mass is 518 g/mol. The standard InChI is InChI=1S/C32H38O6/c1-23(27-17-18-27)37-32-29(33)31(36-21-26-15-9-4-10-16-26)30(35-20-25-13-7-3-8-14-25)28(38-32)22-34-19-24-11-5-2-6-12-24/h2-16,23,27-33H,17-22H2,1H3/t23-,28-,29+,30-,31-,32+/m1/s1. The highest BCUT2D eigenvalue weighted by Crippen LogP contribution is 2.37. The van der Waals surface area contributed by atoms with Gasteiger partial charge in [0.1, 0.15) is 24.4 Å². The van der Waals surface area contributed by atoms with Gasteiger partial charge in [-0.05, 0) is 42.4 Å². The third-order valence-electron chi connectivity index (χ3n) is 7.21. The van der Waals surface area contributed by atoms with Crippen molar-refractivity contribution >= 4 is 0 Å². The predicted octanol–water partition coefficient (Wildman–Crippen LogP) is 5.27. The smallest absolute Gasteiger partial charge is 0.186 e. The largest absolute Gasteiger partial charge is 0.385 e. The second-order valence-electron chi connectivity index (χ2n) is 10.2. The molecule has 5 rings (SSSR count). The van der Waals surface area contributed by atoms with Gasteiger partial charge < -0.3 is 28.8 Å². The Morgan fingerprint density at radius 2 is 1.24 bits per heavy atom. The molecule has 0 amide bonds. The van der Waals surface area contributed by atoms with E-state index in [1.54, 1.807) is 0 Å². The fraction of sp³-hybridized carbons (Fsp3) is 0.438. The minimum atomic E-state index is -1.01. The molecule has 0 aromatic heterocycles. The average molecular weight is 519 g/mol. The zero-order valence-electron chi connectivity index (χ0n) is 21.9. The molecule has 3 aromatic rings. The van der Waals surface area contributed by atoms with Crippen molar-refractivity contribution in [2.24, 2.45) is 5.92 Å². The molecule has 1 heterocycles. The molecule has 6 nitrogen and oxygen atoms in total. The zero-order valence-corrected chi connectivity index (χ0v) is 21.9. The second kappa shape index (κ2) is 13.5. The van der Waals surface area contributed by atoms with E-state index in [-0.39, 0.29) is 12.7 Å². The normalized spacial score (nSPS) is 26.2. The van der Waals surface area contributed by atoms with Crippen molar-refractivity contribution in [1.29, 1.82) is 0 Å². The molecule has 0 radical (unpaired) electrons. The van der Waals surface area contributed by atoms with Crippen LogP contribution in [0.4, 0.5) is 0 Å². The lowest BCUT2D eigenvalue weighted by molar-refractivity contribution is -0.327. The maximum Gasteiger partial charge on any atom is 0.186 e. The van der Waals surface area contributed by atoms with Gasteiger partial charge >= 0.3 is 0 Å². The van der Waals surface area contributed by atoms with Crippen LogP contribution in [0.5, 0.6) is 0 Å². The summed E-state index contributed by atoms with van der Waals surface area (Å²) < 4.78 is 31.5. The minimum Gasteiger partial charge on any atom is -0.385 e. The van der Waals surface area contributed by atoms with E-state index in [4.69, 9.17) is 23.7 Å². The average Bonchev–Trinajstić information content (AvgIpc) is 3.81. The van der Waals surface area contributed by atoms with Gasteiger partial charge in [-0.15, -0.1) is 0 Å². The summed E-state index contributed by atoms with van der Waals surface area (Å²) in [7, 11) is 0. The first-order chi connectivity index (χ1) is 18.7. The van der Waals surface area contributed by atoms with Gasteiger partial charge in [-0.1, -0.05) is 91.0 Å². The van der Waals surface area contributed by atoms with Crippen molar-refractivity contribution in [3.8, 4) is 0 Å². The summed E-state index contributed by atoms with van der Waals surface area (Å²) in [5.74, 6) is 0.509. The van der Waals surface area contributed by atoms with Crippen LogP contribution in [0.1, 0.15) is 36.5 Å². The highest BCUT2D eigenvalue weighted by Gasteiger charge is 2.48. The van der Waals surface area contributed by atoms with E-state index in [2.05, 4.69) is 0 Å². The Balaban J connectivity index is 1.34. The SMILES string of the molecule is C[C@@H](O[C@H]1O[C@H](COCc2ccccc2)[C@@H](OCc2ccccc2)[C@H](OCc2ccccc2)[C@@H]1O)C1CC1. The van der Waals surface area contributed by atoms with Crippen LogP contribution in [0.25, 0.3) is 0 Å². The van der Waals surface area contributed by atoms with E-state index < -0.39 is 30.7 Å². The van der Waals surface area contributed by atoms with Gasteiger partial charge in [-0.25, -0.2) is 0 Å². The molecule has 3 aromatic carbocycles. The van der Waals surface area contributed by atoms with Crippen LogP contribution in [0.15, 0.2) is 91.0 Å². The number of aliphatic hydroxyl groups is 1. The van der Waals surface area contributed by atoms with Crippen molar-refractivity contribution in [1.82, 2.24) is 0 Å². The Morgan fingerprint density at radius 1 is 0.737 bits per heavy atom. The zero-order chi connectivity index (χ0) is 26.2. The second-order valence-corrected chi connectivity index (χ2v) is 10.2. The van der Waals surface area contributed by atoms with Crippen LogP contribution in [-0.2, 0) is 43.5 Å². The van der Waals surface area contributed by atoms with E-state index in [0.717, 1.165) is 29.5 Å². The van der Waals surface area contributed by atoms with Gasteiger partial charge in [0, 0.05) is 0 Å².